The number of rotatable bonds is 9. The van der Waals surface area contributed by atoms with Gasteiger partial charge in [0.25, 0.3) is 0 Å². The Bertz CT molecular complexity index is 784. The summed E-state index contributed by atoms with van der Waals surface area (Å²) in [4.78, 5) is 23.8. The molecule has 5 heteroatoms. The number of allylic oxidation sites excluding steroid dienone is 2. The molecule has 0 saturated heterocycles. The summed E-state index contributed by atoms with van der Waals surface area (Å²) in [6, 6.07) is 3.77. The number of carbonyl (C=O) groups excluding carboxylic acids is 2. The van der Waals surface area contributed by atoms with E-state index in [0.29, 0.717) is 17.1 Å². The van der Waals surface area contributed by atoms with E-state index in [-0.39, 0.29) is 18.4 Å². The summed E-state index contributed by atoms with van der Waals surface area (Å²) in [6.07, 6.45) is 7.84. The monoisotopic (exact) mass is 414 g/mol. The lowest BCUT2D eigenvalue weighted by molar-refractivity contribution is -0.132. The first-order chi connectivity index (χ1) is 14.3. The van der Waals surface area contributed by atoms with Crippen LogP contribution in [0.1, 0.15) is 76.8 Å². The van der Waals surface area contributed by atoms with Crippen LogP contribution in [0.3, 0.4) is 0 Å². The van der Waals surface area contributed by atoms with Gasteiger partial charge in [0.2, 0.25) is 0 Å². The molecule has 5 nitrogen and oxygen atoms in total. The number of carbonyl (C=O) groups is 2. The average molecular weight is 415 g/mol. The molecule has 1 N–H and O–H groups in total. The molecule has 0 bridgehead atoms. The van der Waals surface area contributed by atoms with E-state index in [9.17, 15) is 14.7 Å². The van der Waals surface area contributed by atoms with Gasteiger partial charge in [-0.25, -0.2) is 0 Å². The predicted molar refractivity (Wildman–Crippen MR) is 118 cm³/mol. The molecule has 1 aliphatic carbocycles. The van der Waals surface area contributed by atoms with E-state index < -0.39 is 11.9 Å². The zero-order chi connectivity index (χ0) is 22.3. The Kier molecular flexibility index (Phi) is 8.85. The Morgan fingerprint density at radius 2 is 1.73 bits per heavy atom. The fourth-order valence-electron chi connectivity index (χ4n) is 4.11. The second-order valence-electron chi connectivity index (χ2n) is 8.15. The summed E-state index contributed by atoms with van der Waals surface area (Å²) in [7, 11) is 0. The van der Waals surface area contributed by atoms with Crippen molar-refractivity contribution in [2.45, 2.75) is 72.1 Å². The summed E-state index contributed by atoms with van der Waals surface area (Å²) in [6.45, 7) is 10.9. The van der Waals surface area contributed by atoms with E-state index in [1.165, 1.54) is 19.4 Å². The van der Waals surface area contributed by atoms with Crippen molar-refractivity contribution in [2.75, 3.05) is 6.61 Å². The topological polar surface area (TPSA) is 72.8 Å². The van der Waals surface area contributed by atoms with Crippen molar-refractivity contribution < 1.29 is 24.2 Å². The molecule has 0 aliphatic heterocycles. The van der Waals surface area contributed by atoms with Crippen molar-refractivity contribution in [2.24, 2.45) is 5.92 Å². The number of aryl methyl sites for hydroxylation is 1. The van der Waals surface area contributed by atoms with Gasteiger partial charge in [0.05, 0.1) is 6.61 Å². The summed E-state index contributed by atoms with van der Waals surface area (Å²) in [5, 5.41) is 9.72. The standard InChI is InChI=1S/C25H34O5/c1-6-7-8-9-20-13-23(29-18(4)27)25(24(14-20)30-19(5)28)22-12-16(2)10-11-21(22)17(3)15-26/h12-14,21-22,26H,3,6-11,15H2,1-2,4-5H3/t21-,22?/m0/s1. The quantitative estimate of drug-likeness (QED) is 0.258. The van der Waals surface area contributed by atoms with Gasteiger partial charge in [-0.05, 0) is 61.8 Å². The van der Waals surface area contributed by atoms with Gasteiger partial charge < -0.3 is 14.6 Å². The van der Waals surface area contributed by atoms with Gasteiger partial charge in [-0.2, -0.15) is 0 Å². The Balaban J connectivity index is 2.65. The third-order valence-corrected chi connectivity index (χ3v) is 5.55. The minimum atomic E-state index is -0.426. The Morgan fingerprint density at radius 3 is 2.23 bits per heavy atom. The van der Waals surface area contributed by atoms with Crippen LogP contribution in [0, 0.1) is 5.92 Å². The van der Waals surface area contributed by atoms with Crippen molar-refractivity contribution in [3.63, 3.8) is 0 Å². The highest BCUT2D eigenvalue weighted by atomic mass is 16.5. The van der Waals surface area contributed by atoms with Gasteiger partial charge in [-0.1, -0.05) is 38.0 Å². The molecule has 30 heavy (non-hydrogen) atoms. The Labute approximate surface area is 179 Å². The Morgan fingerprint density at radius 1 is 1.13 bits per heavy atom. The second-order valence-corrected chi connectivity index (χ2v) is 8.15. The number of unbranched alkanes of at least 4 members (excludes halogenated alkanes) is 2. The smallest absolute Gasteiger partial charge is 0.308 e. The molecule has 0 spiro atoms. The molecule has 0 aromatic heterocycles. The largest absolute Gasteiger partial charge is 0.426 e. The Hall–Kier alpha value is -2.40. The van der Waals surface area contributed by atoms with Crippen LogP contribution < -0.4 is 9.47 Å². The number of aliphatic hydroxyl groups is 1. The van der Waals surface area contributed by atoms with Gasteiger partial charge >= 0.3 is 11.9 Å². The van der Waals surface area contributed by atoms with Gasteiger partial charge in [0, 0.05) is 25.3 Å². The highest BCUT2D eigenvalue weighted by Gasteiger charge is 2.33. The maximum absolute atomic E-state index is 11.9. The normalized spacial score (nSPS) is 18.5. The van der Waals surface area contributed by atoms with Crippen molar-refractivity contribution in [3.05, 3.63) is 47.1 Å². The second kappa shape index (κ2) is 11.1. The fraction of sp³-hybridized carbons (Fsp3) is 0.520. The van der Waals surface area contributed by atoms with Crippen LogP contribution >= 0.6 is 0 Å². The maximum atomic E-state index is 11.9. The molecule has 1 aliphatic rings. The summed E-state index contributed by atoms with van der Waals surface area (Å²) in [5.41, 5.74) is 3.56. The van der Waals surface area contributed by atoms with Crippen molar-refractivity contribution in [3.8, 4) is 11.5 Å². The van der Waals surface area contributed by atoms with Crippen molar-refractivity contribution in [1.82, 2.24) is 0 Å². The lowest BCUT2D eigenvalue weighted by Crippen LogP contribution is -2.22. The first-order valence-electron chi connectivity index (χ1n) is 10.8. The highest BCUT2D eigenvalue weighted by molar-refractivity contribution is 5.73. The van der Waals surface area contributed by atoms with E-state index in [1.54, 1.807) is 0 Å². The van der Waals surface area contributed by atoms with Crippen LogP contribution in [0.25, 0.3) is 0 Å². The highest BCUT2D eigenvalue weighted by Crippen LogP contribution is 2.47. The molecule has 0 heterocycles. The third kappa shape index (κ3) is 6.30. The van der Waals surface area contributed by atoms with Crippen LogP contribution in [0.4, 0.5) is 0 Å². The fourth-order valence-corrected chi connectivity index (χ4v) is 4.11. The van der Waals surface area contributed by atoms with E-state index >= 15 is 0 Å². The van der Waals surface area contributed by atoms with Crippen LogP contribution in [-0.2, 0) is 16.0 Å². The van der Waals surface area contributed by atoms with Crippen LogP contribution in [0.15, 0.2) is 35.9 Å². The minimum absolute atomic E-state index is 0.0340. The maximum Gasteiger partial charge on any atom is 0.308 e. The van der Waals surface area contributed by atoms with Gasteiger partial charge in [0.1, 0.15) is 11.5 Å². The third-order valence-electron chi connectivity index (χ3n) is 5.55. The number of ether oxygens (including phenoxy) is 2. The average Bonchev–Trinajstić information content (AvgIpc) is 2.66. The lowest BCUT2D eigenvalue weighted by Gasteiger charge is -2.33. The summed E-state index contributed by atoms with van der Waals surface area (Å²) in [5.74, 6) is -0.256. The zero-order valence-corrected chi connectivity index (χ0v) is 18.6. The first kappa shape index (κ1) is 23.9. The molecule has 2 rings (SSSR count). The zero-order valence-electron chi connectivity index (χ0n) is 18.6. The minimum Gasteiger partial charge on any atom is -0.426 e. The first-order valence-corrected chi connectivity index (χ1v) is 10.8. The van der Waals surface area contributed by atoms with Gasteiger partial charge in [0.15, 0.2) is 0 Å². The molecule has 1 aromatic rings. The number of aliphatic hydroxyl groups excluding tert-OH is 1. The molecule has 0 radical (unpaired) electrons. The number of hydrogen-bond donors (Lipinski definition) is 1. The van der Waals surface area contributed by atoms with E-state index in [0.717, 1.165) is 49.7 Å². The van der Waals surface area contributed by atoms with Crippen molar-refractivity contribution in [1.29, 1.82) is 0 Å². The van der Waals surface area contributed by atoms with Gasteiger partial charge in [-0.3, -0.25) is 9.59 Å². The summed E-state index contributed by atoms with van der Waals surface area (Å²) >= 11 is 0. The molecular weight excluding hydrogens is 380 g/mol. The van der Waals surface area contributed by atoms with Crippen molar-refractivity contribution >= 4 is 11.9 Å². The molecular formula is C25H34O5. The molecule has 0 amide bonds. The number of hydrogen-bond acceptors (Lipinski definition) is 5. The SMILES string of the molecule is C=C(CO)[C@@H]1CCC(C)=CC1c1c(OC(C)=O)cc(CCCCC)cc1OC(C)=O. The predicted octanol–water partition coefficient (Wildman–Crippen LogP) is 5.26. The molecule has 164 valence electrons. The molecule has 0 fully saturated rings. The molecule has 1 unspecified atom stereocenters. The van der Waals surface area contributed by atoms with Gasteiger partial charge in [-0.15, -0.1) is 0 Å². The van der Waals surface area contributed by atoms with E-state index in [2.05, 4.69) is 26.5 Å². The van der Waals surface area contributed by atoms with E-state index in [1.807, 2.05) is 12.1 Å². The van der Waals surface area contributed by atoms with Crippen LogP contribution in [-0.4, -0.2) is 23.7 Å². The molecule has 0 saturated carbocycles. The molecule has 2 atom stereocenters. The van der Waals surface area contributed by atoms with Crippen LogP contribution in [0.2, 0.25) is 0 Å². The lowest BCUT2D eigenvalue weighted by atomic mass is 9.73. The number of benzene rings is 1. The number of esters is 2. The molecule has 1 aromatic carbocycles. The van der Waals surface area contributed by atoms with E-state index in [4.69, 9.17) is 9.47 Å². The summed E-state index contributed by atoms with van der Waals surface area (Å²) < 4.78 is 11.2. The van der Waals surface area contributed by atoms with Crippen LogP contribution in [0.5, 0.6) is 11.5 Å².